The standard InChI is InChI=1S/C13H13N3O2S2/c1-9-4-2-3-5-10(9)18-8-11(17)15-12(19)16-13-14-6-7-20-13/h2-7H,8H2,1H3,(H2,14,15,16,17,19). The van der Waals surface area contributed by atoms with Gasteiger partial charge in [0.25, 0.3) is 5.91 Å². The molecular formula is C13H13N3O2S2. The van der Waals surface area contributed by atoms with Crippen LogP contribution >= 0.6 is 23.6 Å². The second kappa shape index (κ2) is 6.97. The van der Waals surface area contributed by atoms with Crippen molar-refractivity contribution in [2.24, 2.45) is 0 Å². The van der Waals surface area contributed by atoms with Gasteiger partial charge in [-0.25, -0.2) is 4.98 Å². The fourth-order valence-corrected chi connectivity index (χ4v) is 2.25. The first-order chi connectivity index (χ1) is 9.65. The van der Waals surface area contributed by atoms with Crippen LogP contribution in [0.1, 0.15) is 5.56 Å². The molecule has 1 amide bonds. The average Bonchev–Trinajstić information content (AvgIpc) is 2.90. The van der Waals surface area contributed by atoms with Crippen LogP contribution in [0.3, 0.4) is 0 Å². The highest BCUT2D eigenvalue weighted by Gasteiger charge is 2.07. The van der Waals surface area contributed by atoms with Crippen molar-refractivity contribution in [3.05, 3.63) is 41.4 Å². The highest BCUT2D eigenvalue weighted by atomic mass is 32.1. The van der Waals surface area contributed by atoms with Crippen LogP contribution in [0.25, 0.3) is 0 Å². The predicted molar refractivity (Wildman–Crippen MR) is 83.2 cm³/mol. The summed E-state index contributed by atoms with van der Waals surface area (Å²) in [7, 11) is 0. The van der Waals surface area contributed by atoms with Gasteiger partial charge in [-0.15, -0.1) is 11.3 Å². The van der Waals surface area contributed by atoms with Crippen molar-refractivity contribution in [1.29, 1.82) is 0 Å². The Balaban J connectivity index is 1.78. The van der Waals surface area contributed by atoms with Crippen LogP contribution in [-0.2, 0) is 4.79 Å². The van der Waals surface area contributed by atoms with Crippen LogP contribution in [-0.4, -0.2) is 22.6 Å². The zero-order valence-electron chi connectivity index (χ0n) is 10.8. The number of amides is 1. The summed E-state index contributed by atoms with van der Waals surface area (Å²) < 4.78 is 5.42. The summed E-state index contributed by atoms with van der Waals surface area (Å²) >= 11 is 6.40. The molecule has 0 aliphatic rings. The number of hydrogen-bond donors (Lipinski definition) is 2. The van der Waals surface area contributed by atoms with Gasteiger partial charge in [0.1, 0.15) is 5.75 Å². The van der Waals surface area contributed by atoms with Crippen molar-refractivity contribution in [2.75, 3.05) is 11.9 Å². The molecular weight excluding hydrogens is 294 g/mol. The molecule has 20 heavy (non-hydrogen) atoms. The predicted octanol–water partition coefficient (Wildman–Crippen LogP) is 2.34. The van der Waals surface area contributed by atoms with Gasteiger partial charge in [0.2, 0.25) is 0 Å². The zero-order valence-corrected chi connectivity index (χ0v) is 12.4. The number of aryl methyl sites for hydroxylation is 1. The van der Waals surface area contributed by atoms with E-state index in [1.165, 1.54) is 11.3 Å². The number of nitrogens with zero attached hydrogens (tertiary/aromatic N) is 1. The monoisotopic (exact) mass is 307 g/mol. The molecule has 0 atom stereocenters. The van der Waals surface area contributed by atoms with E-state index >= 15 is 0 Å². The second-order valence-corrected chi connectivity index (χ2v) is 5.20. The van der Waals surface area contributed by atoms with E-state index in [4.69, 9.17) is 17.0 Å². The fourth-order valence-electron chi connectivity index (χ4n) is 1.44. The summed E-state index contributed by atoms with van der Waals surface area (Å²) in [4.78, 5) is 15.7. The van der Waals surface area contributed by atoms with Gasteiger partial charge in [-0.3, -0.25) is 10.1 Å². The molecule has 5 nitrogen and oxygen atoms in total. The van der Waals surface area contributed by atoms with Crippen LogP contribution in [0.4, 0.5) is 5.13 Å². The number of para-hydroxylation sites is 1. The third kappa shape index (κ3) is 4.29. The molecule has 1 heterocycles. The average molecular weight is 307 g/mol. The smallest absolute Gasteiger partial charge is 0.264 e. The summed E-state index contributed by atoms with van der Waals surface area (Å²) in [5.41, 5.74) is 0.976. The Morgan fingerprint density at radius 2 is 2.25 bits per heavy atom. The molecule has 0 spiro atoms. The van der Waals surface area contributed by atoms with Gasteiger partial charge in [0.15, 0.2) is 16.9 Å². The Kier molecular flexibility index (Phi) is 5.03. The molecule has 0 aliphatic carbocycles. The number of benzene rings is 1. The highest BCUT2D eigenvalue weighted by molar-refractivity contribution is 7.80. The summed E-state index contributed by atoms with van der Waals surface area (Å²) in [5, 5.41) is 8.00. The number of thiazole rings is 1. The van der Waals surface area contributed by atoms with Crippen LogP contribution in [0, 0.1) is 6.92 Å². The van der Waals surface area contributed by atoms with E-state index in [-0.39, 0.29) is 17.6 Å². The van der Waals surface area contributed by atoms with Gasteiger partial charge in [-0.05, 0) is 30.8 Å². The van der Waals surface area contributed by atoms with Gasteiger partial charge in [-0.1, -0.05) is 18.2 Å². The maximum absolute atomic E-state index is 11.7. The zero-order chi connectivity index (χ0) is 14.4. The summed E-state index contributed by atoms with van der Waals surface area (Å²) in [6.45, 7) is 1.83. The van der Waals surface area contributed by atoms with Gasteiger partial charge in [-0.2, -0.15) is 0 Å². The lowest BCUT2D eigenvalue weighted by molar-refractivity contribution is -0.121. The van der Waals surface area contributed by atoms with E-state index in [2.05, 4.69) is 15.6 Å². The fraction of sp³-hybridized carbons (Fsp3) is 0.154. The van der Waals surface area contributed by atoms with Crippen LogP contribution < -0.4 is 15.4 Å². The van der Waals surface area contributed by atoms with Crippen molar-refractivity contribution in [2.45, 2.75) is 6.92 Å². The SMILES string of the molecule is Cc1ccccc1OCC(=O)NC(=S)Nc1nccs1. The van der Waals surface area contributed by atoms with E-state index < -0.39 is 0 Å². The molecule has 0 saturated heterocycles. The topological polar surface area (TPSA) is 63.2 Å². The Hall–Kier alpha value is -1.99. The maximum Gasteiger partial charge on any atom is 0.264 e. The number of thiocarbonyl (C=S) groups is 1. The maximum atomic E-state index is 11.7. The lowest BCUT2D eigenvalue weighted by atomic mass is 10.2. The number of ether oxygens (including phenoxy) is 1. The molecule has 2 rings (SSSR count). The number of carbonyl (C=O) groups excluding carboxylic acids is 1. The summed E-state index contributed by atoms with van der Waals surface area (Å²) in [6.07, 6.45) is 1.65. The van der Waals surface area contributed by atoms with Crippen LogP contribution in [0.2, 0.25) is 0 Å². The molecule has 2 aromatic rings. The first kappa shape index (κ1) is 14.4. The quantitative estimate of drug-likeness (QED) is 0.849. The molecule has 104 valence electrons. The van der Waals surface area contributed by atoms with Crippen molar-refractivity contribution in [1.82, 2.24) is 10.3 Å². The Bertz CT molecular complexity index is 599. The van der Waals surface area contributed by atoms with Crippen molar-refractivity contribution >= 4 is 39.7 Å². The largest absolute Gasteiger partial charge is 0.483 e. The minimum atomic E-state index is -0.317. The molecule has 1 aromatic carbocycles. The molecule has 0 unspecified atom stereocenters. The third-order valence-corrected chi connectivity index (χ3v) is 3.25. The van der Waals surface area contributed by atoms with Crippen LogP contribution in [0.5, 0.6) is 5.75 Å². The first-order valence-electron chi connectivity index (χ1n) is 5.84. The van der Waals surface area contributed by atoms with Gasteiger partial charge < -0.3 is 10.1 Å². The number of nitrogens with one attached hydrogen (secondary N) is 2. The number of rotatable bonds is 4. The molecule has 2 N–H and O–H groups in total. The van der Waals surface area contributed by atoms with E-state index in [1.54, 1.807) is 6.20 Å². The molecule has 0 bridgehead atoms. The first-order valence-corrected chi connectivity index (χ1v) is 7.12. The Labute approximate surface area is 126 Å². The summed E-state index contributed by atoms with van der Waals surface area (Å²) in [5.74, 6) is 0.365. The second-order valence-electron chi connectivity index (χ2n) is 3.89. The van der Waals surface area contributed by atoms with Crippen molar-refractivity contribution in [3.8, 4) is 5.75 Å². The molecule has 0 fully saturated rings. The van der Waals surface area contributed by atoms with Gasteiger partial charge in [0, 0.05) is 11.6 Å². The van der Waals surface area contributed by atoms with Crippen molar-refractivity contribution < 1.29 is 9.53 Å². The van der Waals surface area contributed by atoms with E-state index in [9.17, 15) is 4.79 Å². The number of carbonyl (C=O) groups is 1. The number of anilines is 1. The Morgan fingerprint density at radius 1 is 1.45 bits per heavy atom. The molecule has 0 saturated carbocycles. The van der Waals surface area contributed by atoms with Gasteiger partial charge in [0.05, 0.1) is 0 Å². The molecule has 1 aromatic heterocycles. The minimum absolute atomic E-state index is 0.0927. The Morgan fingerprint density at radius 3 is 2.95 bits per heavy atom. The van der Waals surface area contributed by atoms with E-state index in [1.807, 2.05) is 36.6 Å². The molecule has 0 radical (unpaired) electrons. The highest BCUT2D eigenvalue weighted by Crippen LogP contribution is 2.15. The minimum Gasteiger partial charge on any atom is -0.483 e. The van der Waals surface area contributed by atoms with E-state index in [0.717, 1.165) is 5.56 Å². The van der Waals surface area contributed by atoms with E-state index in [0.29, 0.717) is 10.9 Å². The third-order valence-electron chi connectivity index (χ3n) is 2.36. The number of aromatic nitrogens is 1. The molecule has 0 aliphatic heterocycles. The summed E-state index contributed by atoms with van der Waals surface area (Å²) in [6, 6.07) is 7.50. The van der Waals surface area contributed by atoms with Gasteiger partial charge >= 0.3 is 0 Å². The lowest BCUT2D eigenvalue weighted by Gasteiger charge is -2.10. The van der Waals surface area contributed by atoms with Crippen molar-refractivity contribution in [3.63, 3.8) is 0 Å². The number of hydrogen-bond acceptors (Lipinski definition) is 5. The lowest BCUT2D eigenvalue weighted by Crippen LogP contribution is -2.37. The normalized spacial score (nSPS) is 9.85. The molecule has 7 heteroatoms. The van der Waals surface area contributed by atoms with Crippen LogP contribution in [0.15, 0.2) is 35.8 Å².